The van der Waals surface area contributed by atoms with Gasteiger partial charge >= 0.3 is 0 Å². The number of aromatic nitrogens is 1. The van der Waals surface area contributed by atoms with Crippen LogP contribution in [0.3, 0.4) is 0 Å². The lowest BCUT2D eigenvalue weighted by Crippen LogP contribution is -2.33. The third-order valence-corrected chi connectivity index (χ3v) is 11.8. The van der Waals surface area contributed by atoms with Crippen molar-refractivity contribution in [3.05, 3.63) is 156 Å². The molecule has 3 heterocycles. The van der Waals surface area contributed by atoms with Gasteiger partial charge in [0.1, 0.15) is 0 Å². The van der Waals surface area contributed by atoms with Gasteiger partial charge < -0.3 is 9.47 Å². The molecule has 0 spiro atoms. The summed E-state index contributed by atoms with van der Waals surface area (Å²) in [5, 5.41) is 15.6. The van der Waals surface area contributed by atoms with Gasteiger partial charge in [0.15, 0.2) is 0 Å². The Morgan fingerprint density at radius 2 is 1.52 bits per heavy atom. The van der Waals surface area contributed by atoms with Gasteiger partial charge in [-0.25, -0.2) is 0 Å². The van der Waals surface area contributed by atoms with Crippen LogP contribution in [-0.2, 0) is 0 Å². The van der Waals surface area contributed by atoms with Gasteiger partial charge in [-0.2, -0.15) is 5.26 Å². The Bertz CT molecular complexity index is 2640. The van der Waals surface area contributed by atoms with Crippen molar-refractivity contribution in [1.29, 1.82) is 5.26 Å². The molecule has 228 valence electrons. The van der Waals surface area contributed by atoms with Crippen LogP contribution in [0.4, 0.5) is 5.69 Å². The predicted octanol–water partition coefficient (Wildman–Crippen LogP) is 11.5. The highest BCUT2D eigenvalue weighted by Crippen LogP contribution is 2.51. The summed E-state index contributed by atoms with van der Waals surface area (Å²) in [6.45, 7) is 2.30. The van der Waals surface area contributed by atoms with E-state index < -0.39 is 0 Å². The highest BCUT2D eigenvalue weighted by molar-refractivity contribution is 7.27. The van der Waals surface area contributed by atoms with Gasteiger partial charge in [-0.1, -0.05) is 104 Å². The molecular weight excluding hydrogens is 603 g/mol. The summed E-state index contributed by atoms with van der Waals surface area (Å²) >= 11 is 1.86. The molecule has 0 amide bonds. The van der Waals surface area contributed by atoms with Gasteiger partial charge in [-0.15, -0.1) is 11.3 Å². The molecule has 0 bridgehead atoms. The SMILES string of the molecule is CC1C=CC2=C(C1)C1C=CC=CC1N2c1cccc(C#N)c1-c1cccc2c1sc1c2ccc2c1c1ccccc1n2-c1ccccc1. The Balaban J connectivity index is 1.25. The highest BCUT2D eigenvalue weighted by atomic mass is 32.1. The third kappa shape index (κ3) is 3.80. The zero-order valence-electron chi connectivity index (χ0n) is 26.5. The Labute approximate surface area is 283 Å². The molecule has 2 aromatic heterocycles. The number of hydrogen-bond donors (Lipinski definition) is 0. The molecule has 48 heavy (non-hydrogen) atoms. The van der Waals surface area contributed by atoms with Crippen LogP contribution < -0.4 is 4.90 Å². The van der Waals surface area contributed by atoms with Crippen molar-refractivity contribution in [3.8, 4) is 22.9 Å². The second-order valence-electron chi connectivity index (χ2n) is 13.2. The zero-order chi connectivity index (χ0) is 31.9. The van der Waals surface area contributed by atoms with Crippen molar-refractivity contribution in [1.82, 2.24) is 4.57 Å². The number of hydrogen-bond acceptors (Lipinski definition) is 3. The molecule has 1 aliphatic heterocycles. The van der Waals surface area contributed by atoms with E-state index in [2.05, 4.69) is 156 Å². The van der Waals surface area contributed by atoms with Crippen LogP contribution in [-0.4, -0.2) is 10.6 Å². The van der Waals surface area contributed by atoms with Crippen molar-refractivity contribution in [2.24, 2.45) is 11.8 Å². The van der Waals surface area contributed by atoms with Crippen LogP contribution in [0.15, 0.2) is 151 Å². The summed E-state index contributed by atoms with van der Waals surface area (Å²) in [6, 6.07) is 39.7. The molecule has 3 atom stereocenters. The van der Waals surface area contributed by atoms with Gasteiger partial charge in [0.05, 0.1) is 34.4 Å². The maximum atomic E-state index is 10.6. The minimum absolute atomic E-state index is 0.188. The standard InChI is InChI=1S/C44H31N3S/c1-27-21-23-38-35(25-27)30-14-5-7-18-36(30)47(38)39-20-9-11-28(26-45)41(39)34-17-10-16-31-32-22-24-40-42(44(32)48-43(31)34)33-15-6-8-19-37(33)46(40)29-12-3-2-4-13-29/h2-24,27,30,36H,25H2,1H3. The maximum absolute atomic E-state index is 10.6. The summed E-state index contributed by atoms with van der Waals surface area (Å²) in [7, 11) is 0. The second kappa shape index (κ2) is 10.4. The topological polar surface area (TPSA) is 32.0 Å². The molecule has 0 radical (unpaired) electrons. The van der Waals surface area contributed by atoms with Crippen LogP contribution >= 0.6 is 11.3 Å². The van der Waals surface area contributed by atoms with Crippen molar-refractivity contribution in [2.45, 2.75) is 19.4 Å². The number of allylic oxidation sites excluding steroid dienone is 4. The number of thiophene rings is 1. The first-order valence-electron chi connectivity index (χ1n) is 16.7. The summed E-state index contributed by atoms with van der Waals surface area (Å²) in [5.41, 5.74) is 10.3. The van der Waals surface area contributed by atoms with E-state index in [0.29, 0.717) is 17.4 Å². The first-order valence-corrected chi connectivity index (χ1v) is 17.5. The van der Waals surface area contributed by atoms with Crippen LogP contribution in [0, 0.1) is 23.2 Å². The van der Waals surface area contributed by atoms with E-state index in [9.17, 15) is 5.26 Å². The molecule has 7 aromatic rings. The van der Waals surface area contributed by atoms with Crippen LogP contribution in [0.5, 0.6) is 0 Å². The molecule has 0 saturated heterocycles. The quantitative estimate of drug-likeness (QED) is 0.194. The number of rotatable bonds is 3. The van der Waals surface area contributed by atoms with Crippen LogP contribution in [0.2, 0.25) is 0 Å². The molecule has 5 aromatic carbocycles. The Morgan fingerprint density at radius 3 is 2.42 bits per heavy atom. The fraction of sp³-hybridized carbons (Fsp3) is 0.114. The van der Waals surface area contributed by atoms with Gasteiger partial charge in [-0.05, 0) is 60.4 Å². The van der Waals surface area contributed by atoms with Gasteiger partial charge in [-0.3, -0.25) is 0 Å². The molecule has 3 nitrogen and oxygen atoms in total. The molecule has 4 heteroatoms. The minimum Gasteiger partial charge on any atom is -0.333 e. The van der Waals surface area contributed by atoms with Crippen LogP contribution in [0.25, 0.3) is 58.8 Å². The van der Waals surface area contributed by atoms with E-state index in [0.717, 1.165) is 28.9 Å². The number of para-hydroxylation sites is 2. The highest BCUT2D eigenvalue weighted by Gasteiger charge is 2.41. The van der Waals surface area contributed by atoms with E-state index in [4.69, 9.17) is 0 Å². The monoisotopic (exact) mass is 633 g/mol. The lowest BCUT2D eigenvalue weighted by atomic mass is 9.84. The Hall–Kier alpha value is -5.63. The van der Waals surface area contributed by atoms with Crippen molar-refractivity contribution < 1.29 is 0 Å². The van der Waals surface area contributed by atoms with E-state index in [1.54, 1.807) is 0 Å². The summed E-state index contributed by atoms with van der Waals surface area (Å²) in [4.78, 5) is 2.51. The summed E-state index contributed by atoms with van der Waals surface area (Å²) in [6.07, 6.45) is 14.8. The molecular formula is C44H31N3S. The predicted molar refractivity (Wildman–Crippen MR) is 202 cm³/mol. The number of nitriles is 1. The lowest BCUT2D eigenvalue weighted by molar-refractivity contribution is 0.616. The fourth-order valence-corrected chi connectivity index (χ4v) is 9.89. The molecule has 3 aliphatic rings. The van der Waals surface area contributed by atoms with Crippen molar-refractivity contribution in [2.75, 3.05) is 4.90 Å². The van der Waals surface area contributed by atoms with Crippen molar-refractivity contribution >= 4 is 59.0 Å². The molecule has 0 N–H and O–H groups in total. The molecule has 10 rings (SSSR count). The molecule has 3 unspecified atom stereocenters. The zero-order valence-corrected chi connectivity index (χ0v) is 27.3. The van der Waals surface area contributed by atoms with E-state index in [1.165, 1.54) is 53.2 Å². The Kier molecular flexibility index (Phi) is 5.98. The number of nitrogens with zero attached hydrogens (tertiary/aromatic N) is 3. The Morgan fingerprint density at radius 1 is 0.729 bits per heavy atom. The maximum Gasteiger partial charge on any atom is 0.0998 e. The van der Waals surface area contributed by atoms with Gasteiger partial charge in [0.25, 0.3) is 0 Å². The number of anilines is 1. The second-order valence-corrected chi connectivity index (χ2v) is 14.2. The van der Waals surface area contributed by atoms with E-state index in [1.807, 2.05) is 17.4 Å². The van der Waals surface area contributed by atoms with Gasteiger partial charge in [0.2, 0.25) is 0 Å². The normalized spacial score (nSPS) is 19.9. The number of benzene rings is 5. The van der Waals surface area contributed by atoms with E-state index >= 15 is 0 Å². The molecule has 2 aliphatic carbocycles. The molecule has 0 saturated carbocycles. The largest absolute Gasteiger partial charge is 0.333 e. The number of fused-ring (bicyclic) bond motifs is 9. The van der Waals surface area contributed by atoms with E-state index in [-0.39, 0.29) is 6.04 Å². The first-order chi connectivity index (χ1) is 23.7. The summed E-state index contributed by atoms with van der Waals surface area (Å²) < 4.78 is 4.89. The lowest BCUT2D eigenvalue weighted by Gasteiger charge is -2.32. The third-order valence-electron chi connectivity index (χ3n) is 10.5. The average molecular weight is 634 g/mol. The fourth-order valence-electron chi connectivity index (χ4n) is 8.52. The first kappa shape index (κ1) is 27.5. The molecule has 0 fully saturated rings. The summed E-state index contributed by atoms with van der Waals surface area (Å²) in [5.74, 6) is 0.858. The van der Waals surface area contributed by atoms with Crippen molar-refractivity contribution in [3.63, 3.8) is 0 Å². The smallest absolute Gasteiger partial charge is 0.0998 e. The van der Waals surface area contributed by atoms with Crippen LogP contribution in [0.1, 0.15) is 18.9 Å². The minimum atomic E-state index is 0.188. The van der Waals surface area contributed by atoms with Gasteiger partial charge in [0, 0.05) is 59.4 Å². The average Bonchev–Trinajstić information content (AvgIpc) is 3.79.